The van der Waals surface area contributed by atoms with Gasteiger partial charge >= 0.3 is 5.97 Å². The van der Waals surface area contributed by atoms with Crippen molar-refractivity contribution in [3.63, 3.8) is 0 Å². The summed E-state index contributed by atoms with van der Waals surface area (Å²) in [6, 6.07) is 3.46. The van der Waals surface area contributed by atoms with Gasteiger partial charge in [-0.15, -0.1) is 0 Å². The highest BCUT2D eigenvalue weighted by atomic mass is 16.5. The zero-order valence-corrected chi connectivity index (χ0v) is 11.6. The van der Waals surface area contributed by atoms with E-state index in [0.29, 0.717) is 6.54 Å². The second kappa shape index (κ2) is 6.73. The number of hydrogen-bond acceptors (Lipinski definition) is 5. The third kappa shape index (κ3) is 3.81. The first kappa shape index (κ1) is 14.1. The minimum atomic E-state index is -0.430. The Morgan fingerprint density at radius 2 is 2.42 bits per heavy atom. The number of nitrogens with zero attached hydrogens (tertiary/aromatic N) is 1. The Balaban J connectivity index is 1.71. The molecule has 2 rings (SSSR count). The van der Waals surface area contributed by atoms with E-state index in [2.05, 4.69) is 21.9 Å². The summed E-state index contributed by atoms with van der Waals surface area (Å²) in [6.45, 7) is 7.36. The SMILES string of the molecule is CCN1CCC(CNCc2ccc(C(=O)OC)o2)C1. The number of rotatable bonds is 6. The lowest BCUT2D eigenvalue weighted by Gasteiger charge is -2.13. The van der Waals surface area contributed by atoms with Gasteiger partial charge in [0.25, 0.3) is 0 Å². The number of esters is 1. The Morgan fingerprint density at radius 3 is 3.11 bits per heavy atom. The van der Waals surface area contributed by atoms with Gasteiger partial charge in [0, 0.05) is 6.54 Å². The van der Waals surface area contributed by atoms with E-state index in [1.165, 1.54) is 26.6 Å². The summed E-state index contributed by atoms with van der Waals surface area (Å²) in [5.74, 6) is 1.32. The van der Waals surface area contributed by atoms with Crippen LogP contribution in [0.2, 0.25) is 0 Å². The minimum Gasteiger partial charge on any atom is -0.463 e. The van der Waals surface area contributed by atoms with Crippen LogP contribution in [0.4, 0.5) is 0 Å². The Labute approximate surface area is 113 Å². The fourth-order valence-electron chi connectivity index (χ4n) is 2.45. The van der Waals surface area contributed by atoms with Crippen molar-refractivity contribution in [2.24, 2.45) is 5.92 Å². The standard InChI is InChI=1S/C14H22N2O3/c1-3-16-7-6-11(10-16)8-15-9-12-4-5-13(19-12)14(17)18-2/h4-5,11,15H,3,6-10H2,1-2H3. The molecule has 1 aliphatic rings. The number of hydrogen-bond donors (Lipinski definition) is 1. The van der Waals surface area contributed by atoms with E-state index in [1.54, 1.807) is 6.07 Å². The van der Waals surface area contributed by atoms with Gasteiger partial charge in [0.2, 0.25) is 5.76 Å². The molecule has 1 aliphatic heterocycles. The number of nitrogens with one attached hydrogen (secondary N) is 1. The van der Waals surface area contributed by atoms with Crippen LogP contribution < -0.4 is 5.32 Å². The van der Waals surface area contributed by atoms with Gasteiger partial charge in [-0.25, -0.2) is 4.79 Å². The molecule has 0 spiro atoms. The molecule has 1 saturated heterocycles. The highest BCUT2D eigenvalue weighted by Gasteiger charge is 2.20. The summed E-state index contributed by atoms with van der Waals surface area (Å²) in [7, 11) is 1.35. The lowest BCUT2D eigenvalue weighted by atomic mass is 10.1. The van der Waals surface area contributed by atoms with Gasteiger partial charge < -0.3 is 19.4 Å². The van der Waals surface area contributed by atoms with E-state index in [-0.39, 0.29) is 5.76 Å². The van der Waals surface area contributed by atoms with Crippen molar-refractivity contribution in [2.45, 2.75) is 19.9 Å². The predicted molar refractivity (Wildman–Crippen MR) is 72.0 cm³/mol. The Hall–Kier alpha value is -1.33. The maximum atomic E-state index is 11.2. The first-order chi connectivity index (χ1) is 9.22. The predicted octanol–water partition coefficient (Wildman–Crippen LogP) is 1.50. The summed E-state index contributed by atoms with van der Waals surface area (Å²) < 4.78 is 10.00. The monoisotopic (exact) mass is 266 g/mol. The maximum absolute atomic E-state index is 11.2. The smallest absolute Gasteiger partial charge is 0.373 e. The molecule has 2 heterocycles. The van der Waals surface area contributed by atoms with E-state index < -0.39 is 5.97 Å². The second-order valence-corrected chi connectivity index (χ2v) is 4.94. The molecular weight excluding hydrogens is 244 g/mol. The molecule has 1 aromatic heterocycles. The van der Waals surface area contributed by atoms with Crippen LogP contribution in [0.5, 0.6) is 0 Å². The number of likely N-dealkylation sites (tertiary alicyclic amines) is 1. The highest BCUT2D eigenvalue weighted by molar-refractivity contribution is 5.86. The fraction of sp³-hybridized carbons (Fsp3) is 0.643. The largest absolute Gasteiger partial charge is 0.463 e. The van der Waals surface area contributed by atoms with Crippen LogP contribution in [0.3, 0.4) is 0 Å². The number of methoxy groups -OCH3 is 1. The molecule has 0 aliphatic carbocycles. The zero-order chi connectivity index (χ0) is 13.7. The highest BCUT2D eigenvalue weighted by Crippen LogP contribution is 2.15. The van der Waals surface area contributed by atoms with Gasteiger partial charge in [-0.05, 0) is 44.1 Å². The van der Waals surface area contributed by atoms with Gasteiger partial charge in [-0.2, -0.15) is 0 Å². The second-order valence-electron chi connectivity index (χ2n) is 4.94. The minimum absolute atomic E-state index is 0.261. The molecule has 1 atom stereocenters. The van der Waals surface area contributed by atoms with Crippen LogP contribution in [0.15, 0.2) is 16.5 Å². The van der Waals surface area contributed by atoms with E-state index in [1.807, 2.05) is 6.07 Å². The first-order valence-electron chi connectivity index (χ1n) is 6.83. The average Bonchev–Trinajstić information content (AvgIpc) is 3.07. The Bertz CT molecular complexity index is 417. The molecule has 1 fully saturated rings. The van der Waals surface area contributed by atoms with Crippen LogP contribution in [0.25, 0.3) is 0 Å². The van der Waals surface area contributed by atoms with E-state index in [0.717, 1.165) is 24.8 Å². The third-order valence-corrected chi connectivity index (χ3v) is 3.60. The van der Waals surface area contributed by atoms with Crippen molar-refractivity contribution < 1.29 is 13.9 Å². The molecule has 1 aromatic rings. The van der Waals surface area contributed by atoms with Crippen molar-refractivity contribution in [3.8, 4) is 0 Å². The summed E-state index contributed by atoms with van der Waals surface area (Å²) >= 11 is 0. The van der Waals surface area contributed by atoms with Gasteiger partial charge in [-0.3, -0.25) is 0 Å². The van der Waals surface area contributed by atoms with Gasteiger partial charge in [-0.1, -0.05) is 6.92 Å². The molecule has 0 bridgehead atoms. The van der Waals surface area contributed by atoms with Crippen LogP contribution in [-0.2, 0) is 11.3 Å². The van der Waals surface area contributed by atoms with Crippen molar-refractivity contribution in [1.29, 1.82) is 0 Å². The number of furan rings is 1. The number of carbonyl (C=O) groups is 1. The van der Waals surface area contributed by atoms with Crippen molar-refractivity contribution in [2.75, 3.05) is 33.3 Å². The van der Waals surface area contributed by atoms with Crippen molar-refractivity contribution in [3.05, 3.63) is 23.7 Å². The molecule has 1 N–H and O–H groups in total. The normalized spacial score (nSPS) is 19.8. The Kier molecular flexibility index (Phi) is 4.99. The van der Waals surface area contributed by atoms with Crippen molar-refractivity contribution in [1.82, 2.24) is 10.2 Å². The van der Waals surface area contributed by atoms with Gasteiger partial charge in [0.05, 0.1) is 13.7 Å². The average molecular weight is 266 g/mol. The van der Waals surface area contributed by atoms with Crippen molar-refractivity contribution >= 4 is 5.97 Å². The summed E-state index contributed by atoms with van der Waals surface area (Å²) in [5.41, 5.74) is 0. The van der Waals surface area contributed by atoms with E-state index >= 15 is 0 Å². The fourth-order valence-corrected chi connectivity index (χ4v) is 2.45. The third-order valence-electron chi connectivity index (χ3n) is 3.60. The Morgan fingerprint density at radius 1 is 1.58 bits per heavy atom. The summed E-state index contributed by atoms with van der Waals surface area (Å²) in [6.07, 6.45) is 1.26. The topological polar surface area (TPSA) is 54.7 Å². The van der Waals surface area contributed by atoms with Crippen LogP contribution in [0.1, 0.15) is 29.7 Å². The number of carbonyl (C=O) groups excluding carboxylic acids is 1. The molecule has 0 saturated carbocycles. The molecule has 0 amide bonds. The molecule has 1 unspecified atom stereocenters. The van der Waals surface area contributed by atoms with Crippen LogP contribution in [0, 0.1) is 5.92 Å². The summed E-state index contributed by atoms with van der Waals surface area (Å²) in [5, 5.41) is 3.39. The summed E-state index contributed by atoms with van der Waals surface area (Å²) in [4.78, 5) is 13.7. The lowest BCUT2D eigenvalue weighted by molar-refractivity contribution is 0.0563. The molecule has 106 valence electrons. The van der Waals surface area contributed by atoms with Crippen LogP contribution >= 0.6 is 0 Å². The molecule has 0 aromatic carbocycles. The van der Waals surface area contributed by atoms with Gasteiger partial charge in [0.15, 0.2) is 0 Å². The van der Waals surface area contributed by atoms with E-state index in [4.69, 9.17) is 4.42 Å². The lowest BCUT2D eigenvalue weighted by Crippen LogP contribution is -2.26. The zero-order valence-electron chi connectivity index (χ0n) is 11.6. The molecule has 19 heavy (non-hydrogen) atoms. The quantitative estimate of drug-likeness (QED) is 0.791. The molecular formula is C14H22N2O3. The van der Waals surface area contributed by atoms with Gasteiger partial charge in [0.1, 0.15) is 5.76 Å². The van der Waals surface area contributed by atoms with Crippen LogP contribution in [-0.4, -0.2) is 44.2 Å². The molecule has 5 heteroatoms. The molecule has 0 radical (unpaired) electrons. The first-order valence-corrected chi connectivity index (χ1v) is 6.83. The molecule has 5 nitrogen and oxygen atoms in total. The van der Waals surface area contributed by atoms with E-state index in [9.17, 15) is 4.79 Å². The maximum Gasteiger partial charge on any atom is 0.373 e. The number of ether oxygens (including phenoxy) is 1.